The van der Waals surface area contributed by atoms with Crippen molar-refractivity contribution in [2.24, 2.45) is 0 Å². The number of rotatable bonds is 4. The molecule has 0 aliphatic carbocycles. The van der Waals surface area contributed by atoms with Crippen LogP contribution in [0, 0.1) is 0 Å². The molecule has 12 rings (SSSR count). The molecule has 0 saturated heterocycles. The van der Waals surface area contributed by atoms with Gasteiger partial charge in [-0.3, -0.25) is 4.98 Å². The molecule has 258 valence electrons. The molecule has 56 heavy (non-hydrogen) atoms. The Morgan fingerprint density at radius 2 is 0.768 bits per heavy atom. The lowest BCUT2D eigenvalue weighted by Crippen LogP contribution is -2.00. The molecular weight excluding hydrogens is 681 g/mol. The van der Waals surface area contributed by atoms with Crippen molar-refractivity contribution in [1.82, 2.24) is 19.9 Å². The van der Waals surface area contributed by atoms with Gasteiger partial charge in [0.05, 0.1) is 5.52 Å². The molecule has 0 aliphatic rings. The van der Waals surface area contributed by atoms with Crippen molar-refractivity contribution in [2.45, 2.75) is 0 Å². The first-order valence-corrected chi connectivity index (χ1v) is 19.0. The van der Waals surface area contributed by atoms with Gasteiger partial charge in [0, 0.05) is 28.3 Å². The quantitative estimate of drug-likeness (QED) is 0.171. The van der Waals surface area contributed by atoms with Crippen LogP contribution < -0.4 is 0 Å². The van der Waals surface area contributed by atoms with Gasteiger partial charge >= 0.3 is 0 Å². The van der Waals surface area contributed by atoms with Gasteiger partial charge in [0.15, 0.2) is 17.5 Å². The Morgan fingerprint density at radius 1 is 0.268 bits per heavy atom. The Morgan fingerprint density at radius 3 is 1.45 bits per heavy atom. The smallest absolute Gasteiger partial charge is 0.164 e. The Bertz CT molecular complexity index is 3530. The van der Waals surface area contributed by atoms with Crippen molar-refractivity contribution >= 4 is 75.5 Å². The van der Waals surface area contributed by atoms with Crippen molar-refractivity contribution in [3.05, 3.63) is 182 Å². The summed E-state index contributed by atoms with van der Waals surface area (Å²) in [5, 5.41) is 16.3. The van der Waals surface area contributed by atoms with E-state index in [1.807, 2.05) is 54.7 Å². The summed E-state index contributed by atoms with van der Waals surface area (Å²) in [7, 11) is 0. The molecule has 2 heterocycles. The van der Waals surface area contributed by atoms with Crippen LogP contribution in [0.15, 0.2) is 182 Å². The van der Waals surface area contributed by atoms with Crippen molar-refractivity contribution in [1.29, 1.82) is 0 Å². The van der Waals surface area contributed by atoms with Crippen LogP contribution >= 0.6 is 0 Å². The fourth-order valence-electron chi connectivity index (χ4n) is 8.85. The lowest BCUT2D eigenvalue weighted by atomic mass is 9.86. The normalized spacial score (nSPS) is 11.9. The largest absolute Gasteiger partial charge is 0.256 e. The second-order valence-corrected chi connectivity index (χ2v) is 14.6. The molecule has 0 fully saturated rings. The zero-order valence-electron chi connectivity index (χ0n) is 30.1. The zero-order chi connectivity index (χ0) is 36.7. The lowest BCUT2D eigenvalue weighted by molar-refractivity contribution is 1.07. The molecule has 4 nitrogen and oxygen atoms in total. The molecule has 0 spiro atoms. The Labute approximate surface area is 321 Å². The molecule has 2 aromatic heterocycles. The predicted molar refractivity (Wildman–Crippen MR) is 233 cm³/mol. The van der Waals surface area contributed by atoms with E-state index >= 15 is 0 Å². The van der Waals surface area contributed by atoms with E-state index in [0.717, 1.165) is 38.7 Å². The monoisotopic (exact) mass is 710 g/mol. The Balaban J connectivity index is 1.11. The third-order valence-corrected chi connectivity index (χ3v) is 11.4. The van der Waals surface area contributed by atoms with E-state index in [2.05, 4.69) is 132 Å². The number of pyridine rings is 1. The highest BCUT2D eigenvalue weighted by molar-refractivity contribution is 6.37. The molecule has 0 atom stereocenters. The van der Waals surface area contributed by atoms with Crippen molar-refractivity contribution in [3.8, 4) is 45.3 Å². The van der Waals surface area contributed by atoms with Gasteiger partial charge in [0.2, 0.25) is 0 Å². The van der Waals surface area contributed by atoms with Crippen LogP contribution in [0.25, 0.3) is 121 Å². The average molecular weight is 711 g/mol. The molecule has 0 unspecified atom stereocenters. The maximum atomic E-state index is 5.12. The predicted octanol–water partition coefficient (Wildman–Crippen LogP) is 13.4. The molecule has 12 aromatic rings. The number of hydrogen-bond donors (Lipinski definition) is 0. The van der Waals surface area contributed by atoms with Gasteiger partial charge in [-0.1, -0.05) is 133 Å². The molecule has 0 N–H and O–H groups in total. The van der Waals surface area contributed by atoms with Crippen LogP contribution in [0.1, 0.15) is 0 Å². The van der Waals surface area contributed by atoms with Crippen LogP contribution in [0.3, 0.4) is 0 Å². The summed E-state index contributed by atoms with van der Waals surface area (Å²) >= 11 is 0. The maximum Gasteiger partial charge on any atom is 0.164 e. The molecule has 10 aromatic carbocycles. The standard InChI is InChI=1S/C52H30N4/c1-2-9-34(10-3-1)50-54-51(56-52(55-50)39-24-25-45-36(28-39)16-8-26-53-45)38-15-4-14-35(27-38)40-29-37-23-22-33-12-6-18-42-41-17-5-11-31-20-21-32-13-7-19-43(48(32)46(31)41)44(30-40)49(37)47(33)42/h1-30H. The van der Waals surface area contributed by atoms with Gasteiger partial charge in [-0.25, -0.2) is 15.0 Å². The van der Waals surface area contributed by atoms with Crippen molar-refractivity contribution < 1.29 is 0 Å². The fraction of sp³-hybridized carbons (Fsp3) is 0. The third-order valence-electron chi connectivity index (χ3n) is 11.4. The topological polar surface area (TPSA) is 51.6 Å². The van der Waals surface area contributed by atoms with Gasteiger partial charge in [-0.05, 0) is 118 Å². The number of fused-ring (bicyclic) bond motifs is 3. The molecule has 0 aliphatic heterocycles. The summed E-state index contributed by atoms with van der Waals surface area (Å²) in [6.07, 6.45) is 1.82. The first-order valence-electron chi connectivity index (χ1n) is 19.0. The van der Waals surface area contributed by atoms with Crippen LogP contribution in [-0.4, -0.2) is 19.9 Å². The van der Waals surface area contributed by atoms with Gasteiger partial charge < -0.3 is 0 Å². The summed E-state index contributed by atoms with van der Waals surface area (Å²) in [5.41, 5.74) is 5.96. The SMILES string of the molecule is c1ccc(-c2nc(-c3cccc(-c4cc5ccc6cccc7c8cccc9ccc%10cccc(c(c4)c5c67)c%10c98)c3)nc(-c3ccc4ncccc4c3)n2)cc1. The molecule has 0 radical (unpaired) electrons. The Kier molecular flexibility index (Phi) is 6.60. The van der Waals surface area contributed by atoms with E-state index in [0.29, 0.717) is 17.5 Å². The molecule has 0 amide bonds. The van der Waals surface area contributed by atoms with E-state index < -0.39 is 0 Å². The summed E-state index contributed by atoms with van der Waals surface area (Å²) in [4.78, 5) is 19.7. The minimum Gasteiger partial charge on any atom is -0.256 e. The number of benzene rings is 9. The first-order chi connectivity index (χ1) is 27.7. The molecular formula is C52H30N4. The molecule has 4 heteroatoms. The third kappa shape index (κ3) is 4.73. The molecule has 0 saturated carbocycles. The van der Waals surface area contributed by atoms with E-state index in [9.17, 15) is 0 Å². The van der Waals surface area contributed by atoms with Crippen molar-refractivity contribution in [2.75, 3.05) is 0 Å². The summed E-state index contributed by atoms with van der Waals surface area (Å²) in [5.74, 6) is 1.88. The maximum absolute atomic E-state index is 5.12. The lowest BCUT2D eigenvalue weighted by Gasteiger charge is -2.17. The van der Waals surface area contributed by atoms with Crippen LogP contribution in [0.2, 0.25) is 0 Å². The highest BCUT2D eigenvalue weighted by atomic mass is 15.0. The van der Waals surface area contributed by atoms with Gasteiger partial charge in [-0.15, -0.1) is 0 Å². The zero-order valence-corrected chi connectivity index (χ0v) is 30.1. The van der Waals surface area contributed by atoms with E-state index in [-0.39, 0.29) is 0 Å². The van der Waals surface area contributed by atoms with E-state index in [1.165, 1.54) is 64.6 Å². The highest BCUT2D eigenvalue weighted by Crippen LogP contribution is 2.44. The van der Waals surface area contributed by atoms with Crippen LogP contribution in [0.5, 0.6) is 0 Å². The summed E-state index contributed by atoms with van der Waals surface area (Å²) in [6, 6.07) is 63.0. The second-order valence-electron chi connectivity index (χ2n) is 14.6. The Hall–Kier alpha value is -7.56. The average Bonchev–Trinajstić information content (AvgIpc) is 3.27. The van der Waals surface area contributed by atoms with E-state index in [4.69, 9.17) is 15.0 Å². The van der Waals surface area contributed by atoms with Crippen molar-refractivity contribution in [3.63, 3.8) is 0 Å². The van der Waals surface area contributed by atoms with Gasteiger partial charge in [0.1, 0.15) is 0 Å². The summed E-state index contributed by atoms with van der Waals surface area (Å²) in [6.45, 7) is 0. The first kappa shape index (κ1) is 30.9. The summed E-state index contributed by atoms with van der Waals surface area (Å²) < 4.78 is 0. The number of hydrogen-bond acceptors (Lipinski definition) is 4. The minimum absolute atomic E-state index is 0.623. The fourth-order valence-corrected chi connectivity index (χ4v) is 8.85. The van der Waals surface area contributed by atoms with E-state index in [1.54, 1.807) is 0 Å². The molecule has 0 bridgehead atoms. The van der Waals surface area contributed by atoms with Crippen LogP contribution in [0.4, 0.5) is 0 Å². The highest BCUT2D eigenvalue weighted by Gasteiger charge is 2.18. The van der Waals surface area contributed by atoms with Gasteiger partial charge in [-0.2, -0.15) is 0 Å². The number of aromatic nitrogens is 4. The van der Waals surface area contributed by atoms with Gasteiger partial charge in [0.25, 0.3) is 0 Å². The number of nitrogens with zero attached hydrogens (tertiary/aromatic N) is 4. The second kappa shape index (κ2) is 12.0. The minimum atomic E-state index is 0.623. The van der Waals surface area contributed by atoms with Crippen LogP contribution in [-0.2, 0) is 0 Å².